The van der Waals surface area contributed by atoms with Crippen molar-refractivity contribution < 1.29 is 141 Å². The summed E-state index contributed by atoms with van der Waals surface area (Å²) in [6.45, 7) is 38.3. The van der Waals surface area contributed by atoms with Crippen molar-refractivity contribution in [2.75, 3.05) is 328 Å². The predicted octanol–water partition coefficient (Wildman–Crippen LogP) is 8.19. The summed E-state index contributed by atoms with van der Waals surface area (Å²) in [5, 5.41) is 13.4. The van der Waals surface area contributed by atoms with Crippen LogP contribution in [0, 0.1) is 0 Å². The van der Waals surface area contributed by atoms with Gasteiger partial charge in [0.15, 0.2) is 5.94 Å². The number of ether oxygens (including phenoxy) is 14. The number of carbonyl (C=O) groups is 5. The highest BCUT2D eigenvalue weighted by atomic mass is 32.2. The number of carbonyl (C=O) groups excluding carboxylic acids is 5. The van der Waals surface area contributed by atoms with Gasteiger partial charge in [-0.15, -0.1) is 0 Å². The highest BCUT2D eigenvalue weighted by Crippen LogP contribution is 2.01. The fourth-order valence-electron chi connectivity index (χ4n) is 6.04. The molecule has 830 valence electrons. The van der Waals surface area contributed by atoms with Gasteiger partial charge in [-0.1, -0.05) is 108 Å². The summed E-state index contributed by atoms with van der Waals surface area (Å²) in [6, 6.07) is 0. The third-order valence-corrected chi connectivity index (χ3v) is 22.7. The van der Waals surface area contributed by atoms with Gasteiger partial charge in [0.25, 0.3) is 0 Å². The lowest BCUT2D eigenvalue weighted by molar-refractivity contribution is -0.143. The zero-order valence-electron chi connectivity index (χ0n) is 90.6. The molecule has 48 heteroatoms. The Kier molecular flexibility index (Phi) is 209. The molecule has 0 aliphatic rings. The molecule has 0 aliphatic heterocycles. The molecule has 0 spiro atoms. The largest absolute Gasteiger partial charge is 0.466 e. The smallest absolute Gasteiger partial charge is 0.305 e. The summed E-state index contributed by atoms with van der Waals surface area (Å²) in [5.74, 6) is 6.09. The minimum Gasteiger partial charge on any atom is -0.466 e. The lowest BCUT2D eigenvalue weighted by atomic mass is 10.3. The van der Waals surface area contributed by atoms with E-state index in [1.807, 2.05) is 81.2 Å². The first-order valence-corrected chi connectivity index (χ1v) is 60.1. The highest BCUT2D eigenvalue weighted by molar-refractivity contribution is 7.98. The molecule has 0 radical (unpaired) electrons. The molecule has 0 heterocycles. The zero-order chi connectivity index (χ0) is 108. The fourth-order valence-corrected chi connectivity index (χ4v) is 11.2. The number of likely N-dealkylation sites (N-methyl/N-ethyl adjacent to an activating group) is 2. The van der Waals surface area contributed by atoms with Crippen LogP contribution in [0.5, 0.6) is 0 Å². The molecule has 0 saturated heterocycles. The van der Waals surface area contributed by atoms with Gasteiger partial charge in [0.2, 0.25) is 47.8 Å². The van der Waals surface area contributed by atoms with E-state index in [1.165, 1.54) is 87.7 Å². The molecule has 0 aliphatic carbocycles. The van der Waals surface area contributed by atoms with E-state index in [9.17, 15) is 74.5 Å². The Morgan fingerprint density at radius 1 is 0.366 bits per heavy atom. The van der Waals surface area contributed by atoms with E-state index in [2.05, 4.69) is 113 Å². The second-order valence-electron chi connectivity index (χ2n) is 26.1. The van der Waals surface area contributed by atoms with Gasteiger partial charge in [-0.3, -0.25) is 40.8 Å². The van der Waals surface area contributed by atoms with Crippen LogP contribution in [0.3, 0.4) is 0 Å². The molecule has 3 unspecified atom stereocenters. The van der Waals surface area contributed by atoms with Gasteiger partial charge in [-0.05, 0) is 118 Å². The lowest BCUT2D eigenvalue weighted by Gasteiger charge is -1.98. The number of hydrogen-bond donors (Lipinski definition) is 8. The first-order chi connectivity index (χ1) is 63.1. The maximum atomic E-state index is 10.6. The van der Waals surface area contributed by atoms with Crippen LogP contribution in [-0.4, -0.2) is 408 Å². The highest BCUT2D eigenvalue weighted by Gasteiger charge is 2.05. The number of nitrogens with one attached hydrogen (secondary N) is 8. The van der Waals surface area contributed by atoms with E-state index in [-0.39, 0.29) is 54.6 Å². The number of hydrogen-bond acceptors (Lipinski definition) is 34. The normalized spacial score (nSPS) is 10.5. The molecule has 0 saturated carbocycles. The SMILES string of the molecule is CCCC(=O)OCC.CCCCCS(C)(=O)=O.CCCCCSC.CCCCOC(C)=O.CCCCS(C)=O.CCCS(=O)CC.CCCS(C)=O.CCOCCOC.CCS(=O)CC.CNC(=O)CCOC.CNC(=O)COC.CNCCCOC.CNCCOC.CNS(=O)(=O)CCOC.CNS(=O)(=O)COC.COCCCOC.COCCNC(C)=O.COCCNS(C)(=O)=O. The molecule has 0 fully saturated rings. The number of esters is 2. The number of unbranched alkanes of at least 4 members (excludes halogenated alkanes) is 6. The van der Waals surface area contributed by atoms with E-state index in [0.29, 0.717) is 77.9 Å². The molecule has 3 amide bonds. The number of sulfonamides is 3. The Morgan fingerprint density at radius 3 is 1.07 bits per heavy atom. The van der Waals surface area contributed by atoms with Crippen LogP contribution < -0.4 is 40.8 Å². The van der Waals surface area contributed by atoms with Gasteiger partial charge < -0.3 is 92.9 Å². The second kappa shape index (κ2) is 161. The Balaban J connectivity index is -0.0000000665. The summed E-state index contributed by atoms with van der Waals surface area (Å²) >= 11 is 1.94. The van der Waals surface area contributed by atoms with Gasteiger partial charge in [0.05, 0.1) is 71.5 Å². The number of thioether (sulfide) groups is 1. The minimum atomic E-state index is -3.14. The summed E-state index contributed by atoms with van der Waals surface area (Å²) in [4.78, 5) is 51.2. The quantitative estimate of drug-likeness (QED) is 0.0210. The molecule has 8 N–H and O–H groups in total. The van der Waals surface area contributed by atoms with Crippen molar-refractivity contribution in [2.45, 2.75) is 206 Å². The van der Waals surface area contributed by atoms with E-state index >= 15 is 0 Å². The van der Waals surface area contributed by atoms with E-state index in [1.54, 1.807) is 76.4 Å². The Bertz CT molecular complexity index is 2630. The van der Waals surface area contributed by atoms with Crippen molar-refractivity contribution in [1.82, 2.24) is 40.8 Å². The van der Waals surface area contributed by atoms with Crippen LogP contribution in [0.4, 0.5) is 0 Å². The molecule has 0 aromatic carbocycles. The minimum absolute atomic E-state index is 0.0120. The van der Waals surface area contributed by atoms with Gasteiger partial charge >= 0.3 is 11.9 Å². The van der Waals surface area contributed by atoms with Gasteiger partial charge in [0, 0.05) is 267 Å². The first-order valence-electron chi connectivity index (χ1n) is 45.0. The molecule has 0 aromatic heterocycles. The average Bonchev–Trinajstić information content (AvgIpc) is 0.933. The lowest BCUT2D eigenvalue weighted by Crippen LogP contribution is -2.25. The molecular formula is C86H206N8O31S9. The second-order valence-corrected chi connectivity index (χ2v) is 42.1. The topological polar surface area (TPSA) is 516 Å². The van der Waals surface area contributed by atoms with Crippen LogP contribution >= 0.6 is 11.8 Å². The van der Waals surface area contributed by atoms with Crippen LogP contribution in [0.1, 0.15) is 206 Å². The molecular weight excluding hydrogens is 1930 g/mol. The summed E-state index contributed by atoms with van der Waals surface area (Å²) < 4.78 is 197. The van der Waals surface area contributed by atoms with Gasteiger partial charge in [-0.25, -0.2) is 47.8 Å². The molecule has 134 heavy (non-hydrogen) atoms. The van der Waals surface area contributed by atoms with Crippen molar-refractivity contribution in [1.29, 1.82) is 0 Å². The van der Waals surface area contributed by atoms with Crippen LogP contribution in [-0.2, 0) is 173 Å². The molecule has 0 bridgehead atoms. The van der Waals surface area contributed by atoms with Crippen molar-refractivity contribution in [3.05, 3.63) is 0 Å². The van der Waals surface area contributed by atoms with Gasteiger partial charge in [-0.2, -0.15) is 11.8 Å². The average molecular weight is 2140 g/mol. The zero-order valence-corrected chi connectivity index (χ0v) is 98.0. The third-order valence-electron chi connectivity index (χ3n) is 13.1. The molecule has 0 rings (SSSR count). The number of methoxy groups -OCH3 is 11. The first kappa shape index (κ1) is 174. The van der Waals surface area contributed by atoms with Gasteiger partial charge in [0.1, 0.15) is 16.4 Å². The van der Waals surface area contributed by atoms with Crippen molar-refractivity contribution in [3.8, 4) is 0 Å². The molecule has 39 nitrogen and oxygen atoms in total. The third kappa shape index (κ3) is 286. The Hall–Kier alpha value is -2.58. The number of sulfone groups is 1. The standard InChI is InChI=1S/C6H14O2S.2C6H12O2.C6H14S.2C5H11NO2.C5H13NO.2C5H12O2.2C5H12OS.2C4H11NO3S.C4H9NO2.C4H11NO.2C4H10OS.C3H9NO3S/c1-3-4-5-6-9(2,7)8;1-3-4-5-8-6(2)7;1-3-5-6(7)8-4-2;1-3-4-5-6-7-2;1-6-5(7)3-4-8-2;1-5(7)6-3-4-8-2;2*1-6-4-3-5-7-2;1-3-7-5-4-6-2;1-3-4-5-7(2)6;1-3-5-7(6)4-2;1-8-4-3-5-9(2,6)7;1-5-9(6,7)4-3-8-2;1-5-4(6)3-7-2;1-5-3-4-6-2;1-3-4-6(2)5;1-3-6(5)4-2;1-4-8(5,6)3-7-2/h3-6H2,1-2H3;2*3-5H2,1-2H3;3-6H2,1-2H3;2*3-4H2,1-2H3,(H,6,7);6H,3-5H2,1-2H3;4*3-5H2,1-2H3;2*5H,3-4H2,1-2H3;3H2,1-2H3,(H,5,6);5H,3-4H2,1-2H3;2*3-4H2,1-2H3;4H,3H2,1-2H3. The Labute approximate surface area is 834 Å². The number of amides is 3. The Morgan fingerprint density at radius 2 is 0.799 bits per heavy atom. The van der Waals surface area contributed by atoms with Crippen molar-refractivity contribution in [2.24, 2.45) is 0 Å². The monoisotopic (exact) mass is 2140 g/mol. The maximum Gasteiger partial charge on any atom is 0.305 e. The van der Waals surface area contributed by atoms with E-state index < -0.39 is 83.1 Å². The van der Waals surface area contributed by atoms with Crippen LogP contribution in [0.2, 0.25) is 0 Å². The summed E-state index contributed by atoms with van der Waals surface area (Å²) in [6.07, 6.45) is 25.4. The fraction of sp³-hybridized carbons (Fsp3) is 0.942. The van der Waals surface area contributed by atoms with Crippen LogP contribution in [0.15, 0.2) is 0 Å². The van der Waals surface area contributed by atoms with E-state index in [4.69, 9.17) is 28.4 Å². The van der Waals surface area contributed by atoms with Crippen molar-refractivity contribution in [3.63, 3.8) is 0 Å². The van der Waals surface area contributed by atoms with Crippen molar-refractivity contribution >= 4 is 125 Å². The summed E-state index contributed by atoms with van der Waals surface area (Å²) in [7, 11) is 13.0. The van der Waals surface area contributed by atoms with E-state index in [0.717, 1.165) is 164 Å². The molecule has 0 aromatic rings. The maximum absolute atomic E-state index is 10.6. The summed E-state index contributed by atoms with van der Waals surface area (Å²) in [5.41, 5.74) is 0. The molecule has 3 atom stereocenters. The predicted molar refractivity (Wildman–Crippen MR) is 566 cm³/mol. The number of rotatable bonds is 58. The van der Waals surface area contributed by atoms with Crippen LogP contribution in [0.25, 0.3) is 0 Å².